The van der Waals surface area contributed by atoms with Crippen molar-refractivity contribution in [1.29, 1.82) is 0 Å². The number of halogens is 2. The summed E-state index contributed by atoms with van der Waals surface area (Å²) in [7, 11) is 1.99. The molecule has 0 bridgehead atoms. The van der Waals surface area contributed by atoms with Gasteiger partial charge in [0, 0.05) is 11.6 Å². The van der Waals surface area contributed by atoms with Gasteiger partial charge in [-0.1, -0.05) is 35.3 Å². The third-order valence-corrected chi connectivity index (χ3v) is 4.42. The number of carbonyl (C=O) groups is 1. The molecule has 2 N–H and O–H groups in total. The molecule has 104 valence electrons. The Morgan fingerprint density at radius 3 is 2.79 bits per heavy atom. The van der Waals surface area contributed by atoms with Gasteiger partial charge >= 0.3 is 0 Å². The Morgan fingerprint density at radius 2 is 2.16 bits per heavy atom. The van der Waals surface area contributed by atoms with Crippen LogP contribution in [0.5, 0.6) is 0 Å². The third-order valence-electron chi connectivity index (χ3n) is 3.56. The second kappa shape index (κ2) is 6.12. The fourth-order valence-electron chi connectivity index (χ4n) is 1.92. The van der Waals surface area contributed by atoms with Gasteiger partial charge in [0.05, 0.1) is 17.1 Å². The monoisotopic (exact) mass is 301 g/mol. The zero-order chi connectivity index (χ0) is 14.0. The SMILES string of the molecule is C[C@H](C(=O)NC1CC1)[NH+](C)Cc1cccc(Cl)c1Cl. The average Bonchev–Trinajstić information content (AvgIpc) is 3.17. The third kappa shape index (κ3) is 3.85. The van der Waals surface area contributed by atoms with Gasteiger partial charge in [0.2, 0.25) is 0 Å². The van der Waals surface area contributed by atoms with Crippen LogP contribution < -0.4 is 10.2 Å². The maximum Gasteiger partial charge on any atom is 0.278 e. The molecule has 1 fully saturated rings. The molecular formula is C14H19Cl2N2O+. The minimum atomic E-state index is -0.101. The van der Waals surface area contributed by atoms with E-state index >= 15 is 0 Å². The van der Waals surface area contributed by atoms with Crippen molar-refractivity contribution in [1.82, 2.24) is 5.32 Å². The van der Waals surface area contributed by atoms with E-state index in [1.807, 2.05) is 26.1 Å². The van der Waals surface area contributed by atoms with Gasteiger partial charge in [-0.05, 0) is 25.8 Å². The highest BCUT2D eigenvalue weighted by molar-refractivity contribution is 6.42. The topological polar surface area (TPSA) is 33.5 Å². The predicted octanol–water partition coefficient (Wildman–Crippen LogP) is 1.68. The highest BCUT2D eigenvalue weighted by Gasteiger charge is 2.29. The van der Waals surface area contributed by atoms with Gasteiger partial charge in [-0.3, -0.25) is 4.79 Å². The molecule has 0 saturated heterocycles. The normalized spacial score (nSPS) is 17.9. The van der Waals surface area contributed by atoms with Gasteiger partial charge in [0.15, 0.2) is 6.04 Å². The summed E-state index contributed by atoms with van der Waals surface area (Å²) in [4.78, 5) is 13.1. The fourth-order valence-corrected chi connectivity index (χ4v) is 2.30. The molecule has 1 unspecified atom stereocenters. The first-order chi connectivity index (χ1) is 8.99. The van der Waals surface area contributed by atoms with E-state index in [1.54, 1.807) is 6.07 Å². The Labute approximate surface area is 123 Å². The molecule has 1 saturated carbocycles. The maximum absolute atomic E-state index is 12.0. The van der Waals surface area contributed by atoms with E-state index in [1.165, 1.54) is 0 Å². The number of rotatable bonds is 5. The van der Waals surface area contributed by atoms with E-state index in [0.717, 1.165) is 23.3 Å². The van der Waals surface area contributed by atoms with Crippen LogP contribution in [0.2, 0.25) is 10.0 Å². The summed E-state index contributed by atoms with van der Waals surface area (Å²) < 4.78 is 0. The number of likely N-dealkylation sites (N-methyl/N-ethyl adjacent to an activating group) is 1. The Morgan fingerprint density at radius 1 is 1.47 bits per heavy atom. The molecule has 0 spiro atoms. The van der Waals surface area contributed by atoms with Gasteiger partial charge in [-0.2, -0.15) is 0 Å². The Kier molecular flexibility index (Phi) is 4.71. The molecule has 0 radical (unpaired) electrons. The molecular weight excluding hydrogens is 283 g/mol. The quantitative estimate of drug-likeness (QED) is 0.852. The molecule has 1 aromatic rings. The Hall–Kier alpha value is -0.770. The number of amides is 1. The number of quaternary nitrogens is 1. The predicted molar refractivity (Wildman–Crippen MR) is 77.7 cm³/mol. The number of carbonyl (C=O) groups excluding carboxylic acids is 1. The molecule has 0 aromatic heterocycles. The fraction of sp³-hybridized carbons (Fsp3) is 0.500. The van der Waals surface area contributed by atoms with Crippen LogP contribution in [0, 0.1) is 0 Å². The van der Waals surface area contributed by atoms with Gasteiger partial charge in [0.25, 0.3) is 5.91 Å². The second-order valence-electron chi connectivity index (χ2n) is 5.24. The van der Waals surface area contributed by atoms with Crippen molar-refractivity contribution < 1.29 is 9.69 Å². The Bertz CT molecular complexity index is 475. The largest absolute Gasteiger partial charge is 0.348 e. The van der Waals surface area contributed by atoms with Gasteiger partial charge in [0.1, 0.15) is 6.54 Å². The van der Waals surface area contributed by atoms with Crippen LogP contribution in [0.1, 0.15) is 25.3 Å². The molecule has 3 nitrogen and oxygen atoms in total. The van der Waals surface area contributed by atoms with E-state index in [0.29, 0.717) is 22.6 Å². The molecule has 2 atom stereocenters. The van der Waals surface area contributed by atoms with Crippen molar-refractivity contribution in [3.63, 3.8) is 0 Å². The highest BCUT2D eigenvalue weighted by Crippen LogP contribution is 2.24. The number of hydrogen-bond acceptors (Lipinski definition) is 1. The minimum Gasteiger partial charge on any atom is -0.348 e. The summed E-state index contributed by atoms with van der Waals surface area (Å²) >= 11 is 12.2. The lowest BCUT2D eigenvalue weighted by atomic mass is 10.2. The first-order valence-electron chi connectivity index (χ1n) is 6.54. The molecule has 0 heterocycles. The van der Waals surface area contributed by atoms with E-state index in [2.05, 4.69) is 5.32 Å². The van der Waals surface area contributed by atoms with Crippen LogP contribution in [0.25, 0.3) is 0 Å². The lowest BCUT2D eigenvalue weighted by molar-refractivity contribution is -0.908. The van der Waals surface area contributed by atoms with Crippen molar-refractivity contribution >= 4 is 29.1 Å². The van der Waals surface area contributed by atoms with Gasteiger partial charge in [-0.15, -0.1) is 0 Å². The first-order valence-corrected chi connectivity index (χ1v) is 7.30. The van der Waals surface area contributed by atoms with E-state index in [4.69, 9.17) is 23.2 Å². The zero-order valence-electron chi connectivity index (χ0n) is 11.2. The molecule has 0 aliphatic heterocycles. The van der Waals surface area contributed by atoms with Crippen LogP contribution in [0.3, 0.4) is 0 Å². The van der Waals surface area contributed by atoms with Crippen LogP contribution in [-0.2, 0) is 11.3 Å². The highest BCUT2D eigenvalue weighted by atomic mass is 35.5. The van der Waals surface area contributed by atoms with E-state index in [-0.39, 0.29) is 11.9 Å². The smallest absolute Gasteiger partial charge is 0.278 e. The van der Waals surface area contributed by atoms with Crippen molar-refractivity contribution in [2.75, 3.05) is 7.05 Å². The molecule has 5 heteroatoms. The summed E-state index contributed by atoms with van der Waals surface area (Å²) in [5.74, 6) is 0.109. The number of hydrogen-bond donors (Lipinski definition) is 2. The summed E-state index contributed by atoms with van der Waals surface area (Å²) in [5, 5.41) is 4.17. The molecule has 1 aliphatic carbocycles. The first kappa shape index (κ1) is 14.6. The molecule has 1 amide bonds. The summed E-state index contributed by atoms with van der Waals surface area (Å²) in [5.41, 5.74) is 0.970. The zero-order valence-corrected chi connectivity index (χ0v) is 12.7. The molecule has 19 heavy (non-hydrogen) atoms. The summed E-state index contributed by atoms with van der Waals surface area (Å²) in [6, 6.07) is 5.90. The van der Waals surface area contributed by atoms with Crippen LogP contribution in [-0.4, -0.2) is 25.0 Å². The van der Waals surface area contributed by atoms with Crippen LogP contribution in [0.15, 0.2) is 18.2 Å². The Balaban J connectivity index is 1.97. The molecule has 2 rings (SSSR count). The van der Waals surface area contributed by atoms with E-state index < -0.39 is 0 Å². The summed E-state index contributed by atoms with van der Waals surface area (Å²) in [6.07, 6.45) is 2.22. The van der Waals surface area contributed by atoms with Crippen molar-refractivity contribution in [2.45, 2.75) is 38.4 Å². The minimum absolute atomic E-state index is 0.101. The van der Waals surface area contributed by atoms with Crippen LogP contribution >= 0.6 is 23.2 Å². The van der Waals surface area contributed by atoms with Gasteiger partial charge in [-0.25, -0.2) is 0 Å². The van der Waals surface area contributed by atoms with Crippen molar-refractivity contribution in [2.24, 2.45) is 0 Å². The van der Waals surface area contributed by atoms with Crippen molar-refractivity contribution in [3.8, 4) is 0 Å². The van der Waals surface area contributed by atoms with Gasteiger partial charge < -0.3 is 10.2 Å². The maximum atomic E-state index is 12.0. The lowest BCUT2D eigenvalue weighted by Crippen LogP contribution is -3.12. The number of benzene rings is 1. The molecule has 1 aliphatic rings. The standard InChI is InChI=1S/C14H18Cl2N2O/c1-9(14(19)17-11-6-7-11)18(2)8-10-4-3-5-12(15)13(10)16/h3-5,9,11H,6-8H2,1-2H3,(H,17,19)/p+1/t9-/m1/s1. The molecule has 1 aromatic carbocycles. The second-order valence-corrected chi connectivity index (χ2v) is 6.03. The average molecular weight is 302 g/mol. The number of nitrogens with one attached hydrogen (secondary N) is 2. The van der Waals surface area contributed by atoms with E-state index in [9.17, 15) is 4.79 Å². The van der Waals surface area contributed by atoms with Crippen molar-refractivity contribution in [3.05, 3.63) is 33.8 Å². The lowest BCUT2D eigenvalue weighted by Gasteiger charge is -2.21. The summed E-state index contributed by atoms with van der Waals surface area (Å²) in [6.45, 7) is 2.62. The van der Waals surface area contributed by atoms with Crippen LogP contribution in [0.4, 0.5) is 0 Å².